The van der Waals surface area contributed by atoms with Gasteiger partial charge >= 0.3 is 0 Å². The summed E-state index contributed by atoms with van der Waals surface area (Å²) in [5.41, 5.74) is 6.81. The van der Waals surface area contributed by atoms with Crippen LogP contribution in [0.25, 0.3) is 0 Å². The summed E-state index contributed by atoms with van der Waals surface area (Å²) in [6.07, 6.45) is 1.30. The molecule has 3 N–H and O–H groups in total. The van der Waals surface area contributed by atoms with Crippen LogP contribution in [0.5, 0.6) is 0 Å². The monoisotopic (exact) mass is 206 g/mol. The molecule has 0 saturated heterocycles. The van der Waals surface area contributed by atoms with Crippen molar-refractivity contribution in [1.82, 2.24) is 5.32 Å². The molecule has 0 heterocycles. The van der Waals surface area contributed by atoms with Gasteiger partial charge in [0.2, 0.25) is 5.91 Å². The second-order valence-corrected chi connectivity index (χ2v) is 3.54. The molecule has 1 rings (SSSR count). The Kier molecular flexibility index (Phi) is 4.84. The van der Waals surface area contributed by atoms with Crippen molar-refractivity contribution in [2.75, 3.05) is 6.54 Å². The molecule has 0 saturated carbocycles. The number of rotatable bonds is 5. The maximum absolute atomic E-state index is 11.2. The van der Waals surface area contributed by atoms with Gasteiger partial charge in [0.1, 0.15) is 0 Å². The summed E-state index contributed by atoms with van der Waals surface area (Å²) in [4.78, 5) is 11.2. The van der Waals surface area contributed by atoms with Crippen molar-refractivity contribution in [2.45, 2.75) is 25.8 Å². The van der Waals surface area contributed by atoms with Gasteiger partial charge in [-0.15, -0.1) is 0 Å². The third-order valence-corrected chi connectivity index (χ3v) is 2.30. The number of nitrogens with one attached hydrogen (secondary N) is 1. The lowest BCUT2D eigenvalue weighted by molar-refractivity contribution is -0.121. The summed E-state index contributed by atoms with van der Waals surface area (Å²) < 4.78 is 0. The fraction of sp³-hybridized carbons (Fsp3) is 0.417. The van der Waals surface area contributed by atoms with E-state index < -0.39 is 0 Å². The number of benzene rings is 1. The van der Waals surface area contributed by atoms with E-state index >= 15 is 0 Å². The van der Waals surface area contributed by atoms with Crippen LogP contribution in [0.2, 0.25) is 0 Å². The van der Waals surface area contributed by atoms with Crippen molar-refractivity contribution in [2.24, 2.45) is 5.73 Å². The lowest BCUT2D eigenvalue weighted by atomic mass is 10.1. The first kappa shape index (κ1) is 11.7. The second kappa shape index (κ2) is 6.19. The largest absolute Gasteiger partial charge is 0.352 e. The van der Waals surface area contributed by atoms with Crippen LogP contribution >= 0.6 is 0 Å². The van der Waals surface area contributed by atoms with Gasteiger partial charge in [0.15, 0.2) is 0 Å². The number of hydrogen-bond donors (Lipinski definition) is 2. The zero-order chi connectivity index (χ0) is 11.1. The van der Waals surface area contributed by atoms with Crippen LogP contribution in [-0.4, -0.2) is 18.5 Å². The average Bonchev–Trinajstić information content (AvgIpc) is 2.29. The molecule has 1 unspecified atom stereocenters. The quantitative estimate of drug-likeness (QED) is 0.757. The van der Waals surface area contributed by atoms with Crippen LogP contribution in [0.4, 0.5) is 0 Å². The molecule has 0 aromatic heterocycles. The molecule has 0 bridgehead atoms. The minimum Gasteiger partial charge on any atom is -0.352 e. The number of carbonyl (C=O) groups is 1. The molecule has 1 amide bonds. The van der Waals surface area contributed by atoms with Crippen molar-refractivity contribution in [1.29, 1.82) is 0 Å². The number of hydrogen-bond acceptors (Lipinski definition) is 2. The lowest BCUT2D eigenvalue weighted by Gasteiger charge is -2.16. The maximum atomic E-state index is 11.2. The summed E-state index contributed by atoms with van der Waals surface area (Å²) >= 11 is 0. The first-order valence-electron chi connectivity index (χ1n) is 5.29. The smallest absolute Gasteiger partial charge is 0.219 e. The summed E-state index contributed by atoms with van der Waals surface area (Å²) in [5.74, 6) is 0.0568. The lowest BCUT2D eigenvalue weighted by Crippen LogP contribution is -2.41. The maximum Gasteiger partial charge on any atom is 0.219 e. The molecule has 82 valence electrons. The molecule has 0 aliphatic carbocycles. The topological polar surface area (TPSA) is 55.1 Å². The Morgan fingerprint density at radius 3 is 2.60 bits per heavy atom. The standard InChI is InChI=1S/C12H18N2O/c1-2-12(15)14-11(9-13)8-10-6-4-3-5-7-10/h3-7,11H,2,8-9,13H2,1H3,(H,14,15). The predicted octanol–water partition coefficient (Wildman–Crippen LogP) is 1.08. The molecule has 3 heteroatoms. The van der Waals surface area contributed by atoms with Gasteiger partial charge in [-0.05, 0) is 12.0 Å². The average molecular weight is 206 g/mol. The van der Waals surface area contributed by atoms with Crippen LogP contribution < -0.4 is 11.1 Å². The van der Waals surface area contributed by atoms with Crippen molar-refractivity contribution in [3.05, 3.63) is 35.9 Å². The van der Waals surface area contributed by atoms with E-state index in [1.165, 1.54) is 5.56 Å². The van der Waals surface area contributed by atoms with E-state index in [4.69, 9.17) is 5.73 Å². The Labute approximate surface area is 90.7 Å². The predicted molar refractivity (Wildman–Crippen MR) is 61.4 cm³/mol. The molecule has 1 atom stereocenters. The van der Waals surface area contributed by atoms with Crippen LogP contribution in [-0.2, 0) is 11.2 Å². The van der Waals surface area contributed by atoms with Crippen molar-refractivity contribution >= 4 is 5.91 Å². The number of amides is 1. The SMILES string of the molecule is CCC(=O)NC(CN)Cc1ccccc1. The molecule has 3 nitrogen and oxygen atoms in total. The molecule has 0 aliphatic rings. The summed E-state index contributed by atoms with van der Waals surface area (Å²) in [5, 5.41) is 2.90. The molecule has 1 aromatic carbocycles. The first-order valence-corrected chi connectivity index (χ1v) is 5.29. The minimum absolute atomic E-state index is 0.0415. The molecular formula is C12H18N2O. The Bertz CT molecular complexity index is 298. The van der Waals surface area contributed by atoms with Gasteiger partial charge in [-0.25, -0.2) is 0 Å². The van der Waals surface area contributed by atoms with E-state index in [1.54, 1.807) is 0 Å². The van der Waals surface area contributed by atoms with Crippen molar-refractivity contribution < 1.29 is 4.79 Å². The van der Waals surface area contributed by atoms with Gasteiger partial charge in [-0.2, -0.15) is 0 Å². The Morgan fingerprint density at radius 1 is 1.40 bits per heavy atom. The summed E-state index contributed by atoms with van der Waals surface area (Å²) in [6.45, 7) is 2.31. The fourth-order valence-corrected chi connectivity index (χ4v) is 1.42. The molecule has 1 aromatic rings. The third-order valence-electron chi connectivity index (χ3n) is 2.30. The van der Waals surface area contributed by atoms with Crippen LogP contribution in [0.3, 0.4) is 0 Å². The Morgan fingerprint density at radius 2 is 2.07 bits per heavy atom. The highest BCUT2D eigenvalue weighted by Crippen LogP contribution is 2.02. The Hall–Kier alpha value is -1.35. The van der Waals surface area contributed by atoms with Crippen molar-refractivity contribution in [3.63, 3.8) is 0 Å². The van der Waals surface area contributed by atoms with Gasteiger partial charge in [0.25, 0.3) is 0 Å². The molecular weight excluding hydrogens is 188 g/mol. The number of nitrogens with two attached hydrogens (primary N) is 1. The van der Waals surface area contributed by atoms with E-state index in [1.807, 2.05) is 37.3 Å². The molecule has 0 fully saturated rings. The molecule has 0 aliphatic heterocycles. The van der Waals surface area contributed by atoms with Crippen LogP contribution in [0.1, 0.15) is 18.9 Å². The van der Waals surface area contributed by atoms with Gasteiger partial charge < -0.3 is 11.1 Å². The van der Waals surface area contributed by atoms with Crippen molar-refractivity contribution in [3.8, 4) is 0 Å². The fourth-order valence-electron chi connectivity index (χ4n) is 1.42. The highest BCUT2D eigenvalue weighted by Gasteiger charge is 2.09. The minimum atomic E-state index is 0.0415. The second-order valence-electron chi connectivity index (χ2n) is 3.54. The molecule has 0 radical (unpaired) electrons. The van der Waals surface area contributed by atoms with Gasteiger partial charge in [0, 0.05) is 19.0 Å². The van der Waals surface area contributed by atoms with Gasteiger partial charge in [-0.1, -0.05) is 37.3 Å². The van der Waals surface area contributed by atoms with E-state index in [0.717, 1.165) is 6.42 Å². The van der Waals surface area contributed by atoms with Gasteiger partial charge in [-0.3, -0.25) is 4.79 Å². The highest BCUT2D eigenvalue weighted by molar-refractivity contribution is 5.75. The summed E-state index contributed by atoms with van der Waals surface area (Å²) in [6, 6.07) is 10.1. The first-order chi connectivity index (χ1) is 7.26. The van der Waals surface area contributed by atoms with E-state index in [0.29, 0.717) is 13.0 Å². The normalized spacial score (nSPS) is 12.1. The van der Waals surface area contributed by atoms with E-state index in [2.05, 4.69) is 5.32 Å². The number of carbonyl (C=O) groups excluding carboxylic acids is 1. The van der Waals surface area contributed by atoms with Gasteiger partial charge in [0.05, 0.1) is 0 Å². The third kappa shape index (κ3) is 4.13. The van der Waals surface area contributed by atoms with Crippen LogP contribution in [0.15, 0.2) is 30.3 Å². The molecule has 0 spiro atoms. The summed E-state index contributed by atoms with van der Waals surface area (Å²) in [7, 11) is 0. The van der Waals surface area contributed by atoms with E-state index in [-0.39, 0.29) is 11.9 Å². The van der Waals surface area contributed by atoms with E-state index in [9.17, 15) is 4.79 Å². The Balaban J connectivity index is 2.50. The highest BCUT2D eigenvalue weighted by atomic mass is 16.1. The zero-order valence-electron chi connectivity index (χ0n) is 9.07. The molecule has 15 heavy (non-hydrogen) atoms. The zero-order valence-corrected chi connectivity index (χ0v) is 9.07. The van der Waals surface area contributed by atoms with Crippen LogP contribution in [0, 0.1) is 0 Å².